The molecule has 0 aliphatic rings. The number of nitrogens with two attached hydrogens (primary N) is 1. The number of pyridine rings is 1. The second-order valence-corrected chi connectivity index (χ2v) is 7.48. The minimum absolute atomic E-state index is 0.154. The number of carboxylic acid groups (broad SMARTS) is 2. The fourth-order valence-electron chi connectivity index (χ4n) is 2.69. The summed E-state index contributed by atoms with van der Waals surface area (Å²) in [6, 6.07) is 17.6. The van der Waals surface area contributed by atoms with Crippen LogP contribution in [0.4, 0.5) is 16.2 Å². The second-order valence-electron chi connectivity index (χ2n) is 7.48. The Balaban J connectivity index is 0.000000458. The summed E-state index contributed by atoms with van der Waals surface area (Å²) in [4.78, 5) is 47.4. The third kappa shape index (κ3) is 10.4. The van der Waals surface area contributed by atoms with Gasteiger partial charge in [-0.1, -0.05) is 30.3 Å². The van der Waals surface area contributed by atoms with Crippen LogP contribution in [-0.4, -0.2) is 50.3 Å². The molecule has 194 valence electrons. The summed E-state index contributed by atoms with van der Waals surface area (Å²) in [5.41, 5.74) is 9.04. The Hall–Kier alpha value is -4.97. The van der Waals surface area contributed by atoms with Crippen LogP contribution in [0.1, 0.15) is 27.9 Å². The number of carbonyl (C=O) groups is 4. The van der Waals surface area contributed by atoms with E-state index >= 15 is 0 Å². The number of hydrogen-bond donors (Lipinski definition) is 6. The number of benzene rings is 2. The number of aliphatic hydroxyl groups is 1. The second kappa shape index (κ2) is 14.4. The van der Waals surface area contributed by atoms with Crippen molar-refractivity contribution in [1.82, 2.24) is 10.3 Å². The van der Waals surface area contributed by atoms with Crippen LogP contribution in [0.2, 0.25) is 0 Å². The van der Waals surface area contributed by atoms with Gasteiger partial charge in [0, 0.05) is 30.1 Å². The normalized spacial score (nSPS) is 10.7. The highest BCUT2D eigenvalue weighted by molar-refractivity contribution is 6.05. The summed E-state index contributed by atoms with van der Waals surface area (Å²) in [7, 11) is 0. The van der Waals surface area contributed by atoms with Gasteiger partial charge >= 0.3 is 18.0 Å². The molecule has 0 bridgehead atoms. The first-order valence-corrected chi connectivity index (χ1v) is 10.8. The Morgan fingerprint density at radius 1 is 0.946 bits per heavy atom. The molecule has 1 heterocycles. The summed E-state index contributed by atoms with van der Waals surface area (Å²) in [5, 5.41) is 29.6. The van der Waals surface area contributed by atoms with Crippen LogP contribution in [0.25, 0.3) is 0 Å². The summed E-state index contributed by atoms with van der Waals surface area (Å²) in [5.74, 6) is -3.10. The van der Waals surface area contributed by atoms with Crippen molar-refractivity contribution in [2.75, 3.05) is 11.1 Å². The van der Waals surface area contributed by atoms with E-state index in [4.69, 9.17) is 25.8 Å². The lowest BCUT2D eigenvalue weighted by atomic mass is 10.1. The summed E-state index contributed by atoms with van der Waals surface area (Å²) < 4.78 is 5.12. The van der Waals surface area contributed by atoms with Gasteiger partial charge < -0.3 is 36.4 Å². The zero-order valence-electron chi connectivity index (χ0n) is 19.5. The Labute approximate surface area is 211 Å². The number of nitrogens with zero attached hydrogens (tertiary/aromatic N) is 1. The van der Waals surface area contributed by atoms with Crippen LogP contribution >= 0.6 is 0 Å². The fraction of sp³-hybridized carbons (Fsp3) is 0.160. The third-order valence-corrected chi connectivity index (χ3v) is 4.61. The van der Waals surface area contributed by atoms with Crippen molar-refractivity contribution in [2.24, 2.45) is 0 Å². The number of amides is 2. The summed E-state index contributed by atoms with van der Waals surface area (Å²) in [6.45, 7) is 0.445. The van der Waals surface area contributed by atoms with Crippen molar-refractivity contribution in [3.63, 3.8) is 0 Å². The van der Waals surface area contributed by atoms with Crippen molar-refractivity contribution in [2.45, 2.75) is 25.7 Å². The number of hydrogen-bond acceptors (Lipinski definition) is 8. The molecule has 0 fully saturated rings. The molecule has 0 radical (unpaired) electrons. The Kier molecular flexibility index (Phi) is 11.0. The quantitative estimate of drug-likeness (QED) is 0.232. The molecule has 3 aromatic rings. The number of carbonyl (C=O) groups excluding carboxylic acids is 2. The first-order valence-electron chi connectivity index (χ1n) is 10.8. The average Bonchev–Trinajstić information content (AvgIpc) is 2.88. The van der Waals surface area contributed by atoms with Gasteiger partial charge in [0.15, 0.2) is 6.10 Å². The van der Waals surface area contributed by atoms with Gasteiger partial charge in [-0.2, -0.15) is 0 Å². The lowest BCUT2D eigenvalue weighted by Crippen LogP contribution is -2.23. The predicted molar refractivity (Wildman–Crippen MR) is 132 cm³/mol. The minimum Gasteiger partial charge on any atom is -0.481 e. The van der Waals surface area contributed by atoms with Crippen molar-refractivity contribution in [3.8, 4) is 0 Å². The van der Waals surface area contributed by atoms with Crippen LogP contribution in [0.3, 0.4) is 0 Å². The molecule has 0 aliphatic heterocycles. The number of anilines is 2. The van der Waals surface area contributed by atoms with Crippen molar-refractivity contribution in [3.05, 3.63) is 89.7 Å². The maximum Gasteiger partial charge on any atom is 0.407 e. The molecule has 1 aromatic heterocycles. The molecule has 0 saturated carbocycles. The Morgan fingerprint density at radius 2 is 1.65 bits per heavy atom. The molecule has 2 amide bonds. The molecule has 7 N–H and O–H groups in total. The highest BCUT2D eigenvalue weighted by Crippen LogP contribution is 2.18. The number of aliphatic carboxylic acids is 2. The number of alkyl carbamates (subject to hydrolysis) is 1. The molecule has 0 aliphatic carbocycles. The van der Waals surface area contributed by atoms with Gasteiger partial charge in [0.05, 0.1) is 17.8 Å². The fourth-order valence-corrected chi connectivity index (χ4v) is 2.69. The number of rotatable bonds is 9. The van der Waals surface area contributed by atoms with E-state index in [0.29, 0.717) is 23.5 Å². The van der Waals surface area contributed by atoms with Gasteiger partial charge in [-0.25, -0.2) is 9.59 Å². The molecule has 0 saturated heterocycles. The van der Waals surface area contributed by atoms with E-state index in [-0.39, 0.29) is 12.5 Å². The van der Waals surface area contributed by atoms with Gasteiger partial charge in [0.25, 0.3) is 5.91 Å². The number of para-hydroxylation sites is 2. The molecule has 0 spiro atoms. The van der Waals surface area contributed by atoms with Crippen LogP contribution < -0.4 is 16.4 Å². The van der Waals surface area contributed by atoms with Crippen molar-refractivity contribution < 1.29 is 39.2 Å². The zero-order chi connectivity index (χ0) is 27.2. The first kappa shape index (κ1) is 28.3. The van der Waals surface area contributed by atoms with E-state index in [1.54, 1.807) is 67.0 Å². The molecule has 3 rings (SSSR count). The van der Waals surface area contributed by atoms with Crippen LogP contribution in [-0.2, 0) is 27.5 Å². The van der Waals surface area contributed by atoms with Crippen molar-refractivity contribution in [1.29, 1.82) is 0 Å². The number of aliphatic hydroxyl groups excluding tert-OH is 1. The van der Waals surface area contributed by atoms with Gasteiger partial charge in [0.1, 0.15) is 6.61 Å². The molecule has 37 heavy (non-hydrogen) atoms. The van der Waals surface area contributed by atoms with E-state index in [1.807, 2.05) is 6.07 Å². The number of aromatic nitrogens is 1. The van der Waals surface area contributed by atoms with Crippen molar-refractivity contribution >= 4 is 35.3 Å². The van der Waals surface area contributed by atoms with Gasteiger partial charge in [-0.3, -0.25) is 14.6 Å². The SMILES string of the molecule is Nc1ccccc1NC(=O)c1ccc(CNC(=O)OCc2cccnc2)cc1.O=C(O)CC(O)C(=O)O. The standard InChI is InChI=1S/C21H20N4O3.C4H6O5/c22-18-5-1-2-6-19(18)25-20(26)17-9-7-15(8-10-17)13-24-21(27)28-14-16-4-3-11-23-12-16;5-2(4(8)9)1-3(6)7/h1-12H,13-14,22H2,(H,24,27)(H,25,26);2,5H,1H2,(H,6,7)(H,8,9). The maximum atomic E-state index is 12.3. The summed E-state index contributed by atoms with van der Waals surface area (Å²) in [6.07, 6.45) is 0.227. The minimum atomic E-state index is -1.79. The molecular weight excluding hydrogens is 484 g/mol. The van der Waals surface area contributed by atoms with Crippen LogP contribution in [0.5, 0.6) is 0 Å². The molecular formula is C25H26N4O8. The number of nitrogens with one attached hydrogen (secondary N) is 2. The van der Waals surface area contributed by atoms with Gasteiger partial charge in [-0.15, -0.1) is 0 Å². The van der Waals surface area contributed by atoms with Gasteiger partial charge in [0.2, 0.25) is 0 Å². The van der Waals surface area contributed by atoms with E-state index < -0.39 is 30.6 Å². The van der Waals surface area contributed by atoms with E-state index in [2.05, 4.69) is 15.6 Å². The number of nitrogen functional groups attached to an aromatic ring is 1. The maximum absolute atomic E-state index is 12.3. The Morgan fingerprint density at radius 3 is 2.22 bits per heavy atom. The highest BCUT2D eigenvalue weighted by Gasteiger charge is 2.16. The topological polar surface area (TPSA) is 201 Å². The average molecular weight is 511 g/mol. The molecule has 2 aromatic carbocycles. The smallest absolute Gasteiger partial charge is 0.407 e. The van der Waals surface area contributed by atoms with E-state index in [9.17, 15) is 19.2 Å². The third-order valence-electron chi connectivity index (χ3n) is 4.61. The van der Waals surface area contributed by atoms with E-state index in [1.165, 1.54) is 0 Å². The van der Waals surface area contributed by atoms with E-state index in [0.717, 1.165) is 11.1 Å². The lowest BCUT2D eigenvalue weighted by Gasteiger charge is -2.09. The van der Waals surface area contributed by atoms with Crippen LogP contribution in [0.15, 0.2) is 73.1 Å². The largest absolute Gasteiger partial charge is 0.481 e. The van der Waals surface area contributed by atoms with Gasteiger partial charge in [-0.05, 0) is 35.9 Å². The monoisotopic (exact) mass is 510 g/mol. The zero-order valence-corrected chi connectivity index (χ0v) is 19.5. The summed E-state index contributed by atoms with van der Waals surface area (Å²) >= 11 is 0. The molecule has 12 nitrogen and oxygen atoms in total. The van der Waals surface area contributed by atoms with Crippen LogP contribution in [0, 0.1) is 0 Å². The lowest BCUT2D eigenvalue weighted by molar-refractivity contribution is -0.152. The first-order chi connectivity index (χ1) is 17.7. The molecule has 1 unspecified atom stereocenters. The molecule has 12 heteroatoms. The number of ether oxygens (including phenoxy) is 1. The highest BCUT2D eigenvalue weighted by atomic mass is 16.5. The Bertz CT molecular complexity index is 1200. The predicted octanol–water partition coefficient (Wildman–Crippen LogP) is 2.25. The number of carboxylic acids is 2. The molecule has 1 atom stereocenters.